The first-order valence-corrected chi connectivity index (χ1v) is 3.83. The van der Waals surface area contributed by atoms with Crippen molar-refractivity contribution in [1.29, 1.82) is 0 Å². The molecule has 0 saturated heterocycles. The van der Waals surface area contributed by atoms with Gasteiger partial charge in [0, 0.05) is 12.0 Å². The van der Waals surface area contributed by atoms with Crippen LogP contribution in [0.25, 0.3) is 0 Å². The van der Waals surface area contributed by atoms with Crippen LogP contribution in [0, 0.1) is 5.41 Å². The maximum Gasteiger partial charge on any atom is 0.459 e. The molecule has 0 rings (SSSR count). The molecule has 0 aliphatic rings. The minimum atomic E-state index is -6.30. The van der Waals surface area contributed by atoms with Crippen molar-refractivity contribution in [1.82, 2.24) is 0 Å². The first-order valence-electron chi connectivity index (χ1n) is 3.83. The summed E-state index contributed by atoms with van der Waals surface area (Å²) < 4.78 is 85.9. The molecule has 0 fully saturated rings. The predicted molar refractivity (Wildman–Crippen MR) is 38.8 cm³/mol. The highest BCUT2D eigenvalue weighted by molar-refractivity contribution is 5.00. The van der Waals surface area contributed by atoms with Gasteiger partial charge in [-0.1, -0.05) is 13.8 Å². The quantitative estimate of drug-likeness (QED) is 0.755. The number of rotatable bonds is 3. The van der Waals surface area contributed by atoms with E-state index in [1.807, 2.05) is 0 Å². The van der Waals surface area contributed by atoms with E-state index in [0.29, 0.717) is 13.8 Å². The van der Waals surface area contributed by atoms with Gasteiger partial charge in [0.05, 0.1) is 0 Å². The van der Waals surface area contributed by atoms with Crippen LogP contribution in [0.4, 0.5) is 30.7 Å². The molecule has 15 heavy (non-hydrogen) atoms. The third-order valence-corrected chi connectivity index (χ3v) is 2.11. The van der Waals surface area contributed by atoms with Gasteiger partial charge in [0.15, 0.2) is 0 Å². The molecule has 0 saturated carbocycles. The highest BCUT2D eigenvalue weighted by atomic mass is 19.4. The van der Waals surface area contributed by atoms with Crippen molar-refractivity contribution in [3.8, 4) is 0 Å². The fourth-order valence-electron chi connectivity index (χ4n) is 0.731. The molecular weight excluding hydrogens is 231 g/mol. The van der Waals surface area contributed by atoms with E-state index < -0.39 is 30.0 Å². The SMILES string of the molecule is CC(C)(CN)C(F)(F)C(F)(F)C(F)(F)F. The molecule has 0 aliphatic heterocycles. The number of nitrogens with two attached hydrogens (primary N) is 1. The molecule has 0 amide bonds. The normalized spacial score (nSPS) is 15.6. The molecule has 0 spiro atoms. The number of halogens is 7. The third-order valence-electron chi connectivity index (χ3n) is 2.11. The zero-order chi connectivity index (χ0) is 12.7. The summed E-state index contributed by atoms with van der Waals surface area (Å²) in [4.78, 5) is 0. The van der Waals surface area contributed by atoms with E-state index in [-0.39, 0.29) is 0 Å². The molecule has 92 valence electrons. The lowest BCUT2D eigenvalue weighted by Gasteiger charge is -2.38. The molecule has 0 radical (unpaired) electrons. The van der Waals surface area contributed by atoms with Gasteiger partial charge < -0.3 is 5.73 Å². The van der Waals surface area contributed by atoms with Gasteiger partial charge in [-0.05, 0) is 0 Å². The summed E-state index contributed by atoms with van der Waals surface area (Å²) in [5.74, 6) is -11.4. The molecular formula is C7H10F7N. The van der Waals surface area contributed by atoms with E-state index in [1.54, 1.807) is 0 Å². The maximum absolute atomic E-state index is 12.9. The van der Waals surface area contributed by atoms with Crippen molar-refractivity contribution < 1.29 is 30.7 Å². The lowest BCUT2D eigenvalue weighted by Crippen LogP contribution is -2.60. The summed E-state index contributed by atoms with van der Waals surface area (Å²) in [5, 5.41) is 0. The second kappa shape index (κ2) is 3.50. The van der Waals surface area contributed by atoms with Crippen molar-refractivity contribution in [2.75, 3.05) is 6.54 Å². The van der Waals surface area contributed by atoms with Gasteiger partial charge >= 0.3 is 18.0 Å². The van der Waals surface area contributed by atoms with Crippen molar-refractivity contribution in [3.63, 3.8) is 0 Å². The topological polar surface area (TPSA) is 26.0 Å². The maximum atomic E-state index is 12.9. The lowest BCUT2D eigenvalue weighted by atomic mass is 9.82. The van der Waals surface area contributed by atoms with Crippen molar-refractivity contribution >= 4 is 0 Å². The Morgan fingerprint density at radius 1 is 0.800 bits per heavy atom. The van der Waals surface area contributed by atoms with Crippen LogP contribution >= 0.6 is 0 Å². The van der Waals surface area contributed by atoms with Crippen LogP contribution in [0.5, 0.6) is 0 Å². The Balaban J connectivity index is 5.38. The molecule has 0 bridgehead atoms. The summed E-state index contributed by atoms with van der Waals surface area (Å²) in [6.45, 7) is 0.102. The summed E-state index contributed by atoms with van der Waals surface area (Å²) in [6, 6.07) is 0. The van der Waals surface area contributed by atoms with E-state index in [2.05, 4.69) is 0 Å². The summed E-state index contributed by atoms with van der Waals surface area (Å²) >= 11 is 0. The van der Waals surface area contributed by atoms with Gasteiger partial charge in [-0.25, -0.2) is 0 Å². The van der Waals surface area contributed by atoms with Crippen LogP contribution < -0.4 is 5.73 Å². The molecule has 0 heterocycles. The molecule has 0 unspecified atom stereocenters. The van der Waals surface area contributed by atoms with Crippen LogP contribution in [0.15, 0.2) is 0 Å². The fourth-order valence-corrected chi connectivity index (χ4v) is 0.731. The Morgan fingerprint density at radius 3 is 1.33 bits per heavy atom. The van der Waals surface area contributed by atoms with Gasteiger partial charge in [0.2, 0.25) is 0 Å². The summed E-state index contributed by atoms with van der Waals surface area (Å²) in [6.07, 6.45) is -6.30. The first kappa shape index (κ1) is 14.5. The van der Waals surface area contributed by atoms with Crippen molar-refractivity contribution in [3.05, 3.63) is 0 Å². The number of hydrogen-bond donors (Lipinski definition) is 1. The Morgan fingerprint density at radius 2 is 1.13 bits per heavy atom. The summed E-state index contributed by atoms with van der Waals surface area (Å²) in [5.41, 5.74) is 2.10. The van der Waals surface area contributed by atoms with E-state index in [1.165, 1.54) is 0 Å². The average molecular weight is 241 g/mol. The average Bonchev–Trinajstić information content (AvgIpc) is 2.01. The number of alkyl halides is 7. The predicted octanol–water partition coefficient (Wildman–Crippen LogP) is 2.80. The second-order valence-electron chi connectivity index (χ2n) is 3.73. The minimum Gasteiger partial charge on any atom is -0.330 e. The first-order chi connectivity index (χ1) is 6.31. The monoisotopic (exact) mass is 241 g/mol. The van der Waals surface area contributed by atoms with Gasteiger partial charge in [0.1, 0.15) is 0 Å². The molecule has 2 N–H and O–H groups in total. The van der Waals surface area contributed by atoms with Gasteiger partial charge in [-0.3, -0.25) is 0 Å². The molecule has 0 aromatic carbocycles. The van der Waals surface area contributed by atoms with Crippen LogP contribution in [0.2, 0.25) is 0 Å². The largest absolute Gasteiger partial charge is 0.459 e. The molecule has 0 aromatic heterocycles. The van der Waals surface area contributed by atoms with Crippen LogP contribution in [-0.2, 0) is 0 Å². The van der Waals surface area contributed by atoms with Gasteiger partial charge in [-0.2, -0.15) is 30.7 Å². The van der Waals surface area contributed by atoms with E-state index in [9.17, 15) is 30.7 Å². The highest BCUT2D eigenvalue weighted by Crippen LogP contribution is 2.53. The zero-order valence-corrected chi connectivity index (χ0v) is 7.93. The molecule has 0 atom stereocenters. The molecule has 0 aromatic rings. The molecule has 8 heteroatoms. The number of hydrogen-bond acceptors (Lipinski definition) is 1. The van der Waals surface area contributed by atoms with E-state index >= 15 is 0 Å². The minimum absolute atomic E-state index is 0.548. The molecule has 1 nitrogen and oxygen atoms in total. The van der Waals surface area contributed by atoms with Crippen LogP contribution in [0.3, 0.4) is 0 Å². The van der Waals surface area contributed by atoms with Crippen molar-refractivity contribution in [2.45, 2.75) is 31.9 Å². The third kappa shape index (κ3) is 2.04. The second-order valence-corrected chi connectivity index (χ2v) is 3.73. The Hall–Kier alpha value is -0.530. The lowest BCUT2D eigenvalue weighted by molar-refractivity contribution is -0.375. The van der Waals surface area contributed by atoms with Crippen LogP contribution in [0.1, 0.15) is 13.8 Å². The summed E-state index contributed by atoms with van der Waals surface area (Å²) in [7, 11) is 0. The molecule has 0 aliphatic carbocycles. The fraction of sp³-hybridized carbons (Fsp3) is 1.00. The van der Waals surface area contributed by atoms with Gasteiger partial charge in [0.25, 0.3) is 0 Å². The standard InChI is InChI=1S/C7H10F7N/c1-4(2,3-15)5(8,9)6(10,11)7(12,13)14/h3,15H2,1-2H3. The Bertz CT molecular complexity index is 230. The smallest absolute Gasteiger partial charge is 0.330 e. The van der Waals surface area contributed by atoms with Gasteiger partial charge in [-0.15, -0.1) is 0 Å². The Labute approximate surface area is 81.4 Å². The highest BCUT2D eigenvalue weighted by Gasteiger charge is 2.76. The van der Waals surface area contributed by atoms with Crippen molar-refractivity contribution in [2.24, 2.45) is 11.1 Å². The Kier molecular flexibility index (Phi) is 3.37. The zero-order valence-electron chi connectivity index (χ0n) is 7.93. The van der Waals surface area contributed by atoms with Crippen LogP contribution in [-0.4, -0.2) is 24.6 Å². The van der Waals surface area contributed by atoms with E-state index in [4.69, 9.17) is 5.73 Å². The van der Waals surface area contributed by atoms with E-state index in [0.717, 1.165) is 0 Å².